The van der Waals surface area contributed by atoms with E-state index in [4.69, 9.17) is 10.00 Å². The Labute approximate surface area is 125 Å². The fourth-order valence-corrected chi connectivity index (χ4v) is 2.15. The quantitative estimate of drug-likeness (QED) is 0.793. The van der Waals surface area contributed by atoms with Crippen LogP contribution in [0.1, 0.15) is 30.2 Å². The normalized spacial score (nSPS) is 10.3. The van der Waals surface area contributed by atoms with Gasteiger partial charge in [0, 0.05) is 18.3 Å². The van der Waals surface area contributed by atoms with Crippen molar-refractivity contribution < 1.29 is 4.74 Å². The summed E-state index contributed by atoms with van der Waals surface area (Å²) in [6, 6.07) is 7.60. The van der Waals surface area contributed by atoms with E-state index in [-0.39, 0.29) is 0 Å². The first-order chi connectivity index (χ1) is 10.3. The summed E-state index contributed by atoms with van der Waals surface area (Å²) in [6.07, 6.45) is 4.93. The van der Waals surface area contributed by atoms with Crippen LogP contribution in [0, 0.1) is 11.3 Å². The van der Waals surface area contributed by atoms with Crippen LogP contribution in [0.2, 0.25) is 0 Å². The van der Waals surface area contributed by atoms with Gasteiger partial charge in [0.2, 0.25) is 0 Å². The van der Waals surface area contributed by atoms with E-state index >= 15 is 0 Å². The number of rotatable bonds is 7. The molecule has 1 heterocycles. The molecule has 1 N–H and O–H groups in total. The molecule has 0 spiro atoms. The van der Waals surface area contributed by atoms with Crippen LogP contribution in [-0.4, -0.2) is 23.2 Å². The summed E-state index contributed by atoms with van der Waals surface area (Å²) in [6.45, 7) is 4.54. The number of hydrogen-bond donors (Lipinski definition) is 1. The Morgan fingerprint density at radius 1 is 1.43 bits per heavy atom. The Kier molecular flexibility index (Phi) is 5.35. The van der Waals surface area contributed by atoms with Crippen molar-refractivity contribution in [2.45, 2.75) is 26.4 Å². The zero-order valence-electron chi connectivity index (χ0n) is 12.5. The molecule has 0 amide bonds. The van der Waals surface area contributed by atoms with Crippen LogP contribution >= 0.6 is 0 Å². The van der Waals surface area contributed by atoms with Gasteiger partial charge in [0.15, 0.2) is 0 Å². The SMILES string of the molecule is CCCNCc1cn(Cc2cc(C#N)ccc2OC)cn1. The van der Waals surface area contributed by atoms with Gasteiger partial charge >= 0.3 is 0 Å². The number of nitrogens with one attached hydrogen (secondary N) is 1. The molecule has 21 heavy (non-hydrogen) atoms. The van der Waals surface area contributed by atoms with E-state index in [9.17, 15) is 0 Å². The molecule has 0 bridgehead atoms. The minimum absolute atomic E-state index is 0.635. The third kappa shape index (κ3) is 4.07. The second kappa shape index (κ2) is 7.46. The molecule has 110 valence electrons. The Balaban J connectivity index is 2.09. The predicted molar refractivity (Wildman–Crippen MR) is 81.0 cm³/mol. The zero-order chi connectivity index (χ0) is 15.1. The summed E-state index contributed by atoms with van der Waals surface area (Å²) < 4.78 is 7.35. The Morgan fingerprint density at radius 3 is 3.00 bits per heavy atom. The van der Waals surface area contributed by atoms with Crippen molar-refractivity contribution >= 4 is 0 Å². The number of hydrogen-bond acceptors (Lipinski definition) is 4. The average molecular weight is 284 g/mol. The van der Waals surface area contributed by atoms with E-state index in [2.05, 4.69) is 23.3 Å². The summed E-state index contributed by atoms with van der Waals surface area (Å²) >= 11 is 0. The molecule has 1 aromatic carbocycles. The topological polar surface area (TPSA) is 62.9 Å². The van der Waals surface area contributed by atoms with Gasteiger partial charge in [-0.05, 0) is 31.2 Å². The highest BCUT2D eigenvalue weighted by atomic mass is 16.5. The number of nitrogens with zero attached hydrogens (tertiary/aromatic N) is 3. The number of benzene rings is 1. The van der Waals surface area contributed by atoms with Crippen LogP contribution in [0.5, 0.6) is 5.75 Å². The third-order valence-corrected chi connectivity index (χ3v) is 3.18. The summed E-state index contributed by atoms with van der Waals surface area (Å²) in [5.74, 6) is 0.786. The van der Waals surface area contributed by atoms with Crippen molar-refractivity contribution in [1.29, 1.82) is 5.26 Å². The van der Waals surface area contributed by atoms with Gasteiger partial charge in [0.1, 0.15) is 5.75 Å². The van der Waals surface area contributed by atoms with Crippen molar-refractivity contribution in [3.05, 3.63) is 47.5 Å². The van der Waals surface area contributed by atoms with Gasteiger partial charge in [0.25, 0.3) is 0 Å². The minimum Gasteiger partial charge on any atom is -0.496 e. The van der Waals surface area contributed by atoms with Crippen molar-refractivity contribution in [2.24, 2.45) is 0 Å². The van der Waals surface area contributed by atoms with Gasteiger partial charge in [0.05, 0.1) is 37.3 Å². The summed E-state index contributed by atoms with van der Waals surface area (Å²) in [7, 11) is 1.64. The standard InChI is InChI=1S/C16H20N4O/c1-3-6-18-9-15-11-20(12-19-15)10-14-7-13(8-17)4-5-16(14)21-2/h4-5,7,11-12,18H,3,6,9-10H2,1-2H3. The van der Waals surface area contributed by atoms with Gasteiger partial charge in [-0.3, -0.25) is 0 Å². The van der Waals surface area contributed by atoms with Gasteiger partial charge in [-0.1, -0.05) is 6.92 Å². The molecule has 1 aromatic heterocycles. The highest BCUT2D eigenvalue weighted by Gasteiger charge is 2.06. The molecule has 0 saturated carbocycles. The largest absolute Gasteiger partial charge is 0.496 e. The summed E-state index contributed by atoms with van der Waals surface area (Å²) in [4.78, 5) is 4.38. The molecule has 0 saturated heterocycles. The highest BCUT2D eigenvalue weighted by Crippen LogP contribution is 2.20. The fraction of sp³-hybridized carbons (Fsp3) is 0.375. The molecule has 0 unspecified atom stereocenters. The van der Waals surface area contributed by atoms with Crippen LogP contribution in [0.3, 0.4) is 0 Å². The first-order valence-corrected chi connectivity index (χ1v) is 7.05. The van der Waals surface area contributed by atoms with Gasteiger partial charge in [-0.2, -0.15) is 5.26 Å². The lowest BCUT2D eigenvalue weighted by Gasteiger charge is -2.09. The Bertz CT molecular complexity index is 627. The first-order valence-electron chi connectivity index (χ1n) is 7.05. The molecule has 0 radical (unpaired) electrons. The van der Waals surface area contributed by atoms with E-state index in [0.717, 1.165) is 36.5 Å². The lowest BCUT2D eigenvalue weighted by atomic mass is 10.1. The van der Waals surface area contributed by atoms with Crippen molar-refractivity contribution in [2.75, 3.05) is 13.7 Å². The van der Waals surface area contributed by atoms with Crippen LogP contribution in [0.4, 0.5) is 0 Å². The van der Waals surface area contributed by atoms with Crippen LogP contribution in [0.25, 0.3) is 0 Å². The average Bonchev–Trinajstić information content (AvgIpc) is 2.95. The molecule has 0 aliphatic rings. The lowest BCUT2D eigenvalue weighted by molar-refractivity contribution is 0.408. The molecule has 2 rings (SSSR count). The highest BCUT2D eigenvalue weighted by molar-refractivity contribution is 5.42. The molecule has 5 nitrogen and oxygen atoms in total. The lowest BCUT2D eigenvalue weighted by Crippen LogP contribution is -2.13. The maximum Gasteiger partial charge on any atom is 0.123 e. The Morgan fingerprint density at radius 2 is 2.29 bits per heavy atom. The molecule has 0 aliphatic heterocycles. The maximum absolute atomic E-state index is 9.00. The summed E-state index contributed by atoms with van der Waals surface area (Å²) in [5, 5.41) is 12.3. The van der Waals surface area contributed by atoms with Crippen LogP contribution < -0.4 is 10.1 Å². The number of ether oxygens (including phenoxy) is 1. The van der Waals surface area contributed by atoms with Crippen molar-refractivity contribution in [3.8, 4) is 11.8 Å². The first kappa shape index (κ1) is 15.1. The molecule has 2 aromatic rings. The van der Waals surface area contributed by atoms with Crippen molar-refractivity contribution in [1.82, 2.24) is 14.9 Å². The van der Waals surface area contributed by atoms with Crippen LogP contribution in [0.15, 0.2) is 30.7 Å². The monoisotopic (exact) mass is 284 g/mol. The molecular weight excluding hydrogens is 264 g/mol. The third-order valence-electron chi connectivity index (χ3n) is 3.18. The molecule has 0 aliphatic carbocycles. The van der Waals surface area contributed by atoms with E-state index < -0.39 is 0 Å². The number of aromatic nitrogens is 2. The number of nitriles is 1. The second-order valence-corrected chi connectivity index (χ2v) is 4.85. The van der Waals surface area contributed by atoms with Gasteiger partial charge in [-0.25, -0.2) is 4.98 Å². The van der Waals surface area contributed by atoms with E-state index in [1.54, 1.807) is 19.5 Å². The molecule has 0 fully saturated rings. The van der Waals surface area contributed by atoms with Gasteiger partial charge < -0.3 is 14.6 Å². The van der Waals surface area contributed by atoms with E-state index in [0.29, 0.717) is 12.1 Å². The smallest absolute Gasteiger partial charge is 0.123 e. The zero-order valence-corrected chi connectivity index (χ0v) is 12.5. The molecule has 5 heteroatoms. The maximum atomic E-state index is 9.00. The molecular formula is C16H20N4O. The van der Waals surface area contributed by atoms with E-state index in [1.165, 1.54) is 0 Å². The summed E-state index contributed by atoms with van der Waals surface area (Å²) in [5.41, 5.74) is 2.62. The second-order valence-electron chi connectivity index (χ2n) is 4.85. The Hall–Kier alpha value is -2.32. The number of methoxy groups -OCH3 is 1. The fourth-order valence-electron chi connectivity index (χ4n) is 2.15. The van der Waals surface area contributed by atoms with Gasteiger partial charge in [-0.15, -0.1) is 0 Å². The predicted octanol–water partition coefficient (Wildman–Crippen LogP) is 2.31. The minimum atomic E-state index is 0.635. The molecule has 0 atom stereocenters. The van der Waals surface area contributed by atoms with Crippen molar-refractivity contribution in [3.63, 3.8) is 0 Å². The van der Waals surface area contributed by atoms with Crippen LogP contribution in [-0.2, 0) is 13.1 Å². The van der Waals surface area contributed by atoms with E-state index in [1.807, 2.05) is 22.9 Å². The number of imidazole rings is 1.